The van der Waals surface area contributed by atoms with Gasteiger partial charge in [-0.05, 0) is 82.4 Å². The van der Waals surface area contributed by atoms with E-state index in [4.69, 9.17) is 9.47 Å². The SMILES string of the molecule is CCCCCCCCCCC/C=C/CCCCCCCCCCCOC(=O)c1ccc(S(=O)(=O)[O-])cc1C(=O)OCCCCCCCCCCC/C=C/CCCCCCCCCCC.[Na+]. The predicted molar refractivity (Wildman–Crippen MR) is 269 cm³/mol. The van der Waals surface area contributed by atoms with Crippen LogP contribution in [0.2, 0.25) is 0 Å². The molecule has 0 aliphatic heterocycles. The summed E-state index contributed by atoms with van der Waals surface area (Å²) in [5.74, 6) is -1.54. The number of hydrogen-bond acceptors (Lipinski definition) is 7. The van der Waals surface area contributed by atoms with Crippen molar-refractivity contribution in [3.05, 3.63) is 53.6 Å². The standard InChI is InChI=1S/C56H98O7S.Na/c1-3-5-7-9-11-13-15-17-19-21-23-25-27-29-31-33-35-37-39-41-43-45-49-62-55(57)53-48-47-52(64(59,60)61)51-54(53)56(58)63-50-46-44-42-40-38-36-34-32-30-28-26-24-22-20-18-16-14-12-10-8-6-4-2;/h23-26,47-48,51H,3-22,27-46,49-50H2,1-2H3,(H,59,60,61);/q;+1/p-1/b25-23+,26-24+;. The Hall–Kier alpha value is -1.45. The Bertz CT molecular complexity index is 1410. The van der Waals surface area contributed by atoms with Gasteiger partial charge in [0.1, 0.15) is 10.1 Å². The number of unbranched alkanes of at least 4 members (excludes halogenated alkanes) is 36. The maximum absolute atomic E-state index is 13.0. The summed E-state index contributed by atoms with van der Waals surface area (Å²) in [6.07, 6.45) is 59.5. The fraction of sp³-hybridized carbons (Fsp3) is 0.786. The van der Waals surface area contributed by atoms with E-state index >= 15 is 0 Å². The first-order valence-electron chi connectivity index (χ1n) is 27.0. The summed E-state index contributed by atoms with van der Waals surface area (Å²) >= 11 is 0. The number of ether oxygens (including phenoxy) is 2. The zero-order valence-corrected chi connectivity index (χ0v) is 45.3. The average molecular weight is 937 g/mol. The molecule has 0 N–H and O–H groups in total. The quantitative estimate of drug-likeness (QED) is 0.0210. The maximum atomic E-state index is 13.0. The monoisotopic (exact) mass is 937 g/mol. The van der Waals surface area contributed by atoms with Gasteiger partial charge in [-0.1, -0.05) is 231 Å². The van der Waals surface area contributed by atoms with E-state index < -0.39 is 27.0 Å². The van der Waals surface area contributed by atoms with Gasteiger partial charge in [-0.15, -0.1) is 0 Å². The van der Waals surface area contributed by atoms with Crippen LogP contribution in [0.25, 0.3) is 0 Å². The van der Waals surface area contributed by atoms with Crippen LogP contribution < -0.4 is 29.6 Å². The van der Waals surface area contributed by atoms with Gasteiger partial charge in [0.15, 0.2) is 0 Å². The van der Waals surface area contributed by atoms with Crippen molar-refractivity contribution in [2.75, 3.05) is 13.2 Å². The van der Waals surface area contributed by atoms with Gasteiger partial charge in [-0.3, -0.25) is 0 Å². The third kappa shape index (κ3) is 40.2. The number of carbonyl (C=O) groups is 2. The second-order valence-corrected chi connectivity index (χ2v) is 19.9. The van der Waals surface area contributed by atoms with Gasteiger partial charge in [-0.2, -0.15) is 0 Å². The molecule has 1 aromatic carbocycles. The van der Waals surface area contributed by atoms with Crippen LogP contribution in [-0.2, 0) is 19.6 Å². The van der Waals surface area contributed by atoms with Gasteiger partial charge < -0.3 is 14.0 Å². The summed E-state index contributed by atoms with van der Waals surface area (Å²) in [5.41, 5.74) is -0.335. The van der Waals surface area contributed by atoms with E-state index in [-0.39, 0.29) is 53.9 Å². The molecule has 1 rings (SSSR count). The Labute approximate surface area is 423 Å². The summed E-state index contributed by atoms with van der Waals surface area (Å²) in [5, 5.41) is 0. The van der Waals surface area contributed by atoms with E-state index in [2.05, 4.69) is 38.2 Å². The molecule has 0 bridgehead atoms. The van der Waals surface area contributed by atoms with Crippen LogP contribution in [0.15, 0.2) is 47.4 Å². The third-order valence-corrected chi connectivity index (χ3v) is 13.3. The van der Waals surface area contributed by atoms with Gasteiger partial charge in [-0.25, -0.2) is 18.0 Å². The van der Waals surface area contributed by atoms with Gasteiger partial charge in [0, 0.05) is 0 Å². The minimum atomic E-state index is -4.82. The molecule has 0 fully saturated rings. The summed E-state index contributed by atoms with van der Waals surface area (Å²) in [6, 6.07) is 3.16. The van der Waals surface area contributed by atoms with Crippen LogP contribution in [0, 0.1) is 0 Å². The van der Waals surface area contributed by atoms with Crippen LogP contribution in [0.1, 0.15) is 291 Å². The predicted octanol–water partition coefficient (Wildman–Crippen LogP) is 14.7. The van der Waals surface area contributed by atoms with Crippen LogP contribution in [-0.4, -0.2) is 38.1 Å². The molecule has 65 heavy (non-hydrogen) atoms. The van der Waals surface area contributed by atoms with Crippen molar-refractivity contribution in [1.29, 1.82) is 0 Å². The molecule has 0 aromatic heterocycles. The smallest absolute Gasteiger partial charge is 0.744 e. The zero-order valence-electron chi connectivity index (χ0n) is 42.5. The molecule has 0 aliphatic rings. The Morgan fingerprint density at radius 3 is 0.969 bits per heavy atom. The van der Waals surface area contributed by atoms with E-state index in [0.717, 1.165) is 50.7 Å². The molecule has 0 atom stereocenters. The van der Waals surface area contributed by atoms with Crippen molar-refractivity contribution in [2.24, 2.45) is 0 Å². The van der Waals surface area contributed by atoms with E-state index in [1.807, 2.05) is 0 Å². The number of benzene rings is 1. The maximum Gasteiger partial charge on any atom is 1.00 e. The fourth-order valence-corrected chi connectivity index (χ4v) is 8.83. The van der Waals surface area contributed by atoms with Gasteiger partial charge in [0.25, 0.3) is 0 Å². The van der Waals surface area contributed by atoms with E-state index in [1.54, 1.807) is 0 Å². The molecule has 0 amide bonds. The minimum absolute atomic E-state index is 0. The summed E-state index contributed by atoms with van der Waals surface area (Å²) in [6.45, 7) is 4.91. The first kappa shape index (κ1) is 63.5. The minimum Gasteiger partial charge on any atom is -0.744 e. The molecule has 0 radical (unpaired) electrons. The Morgan fingerprint density at radius 1 is 0.415 bits per heavy atom. The zero-order chi connectivity index (χ0) is 46.4. The number of carbonyl (C=O) groups excluding carboxylic acids is 2. The average Bonchev–Trinajstić information content (AvgIpc) is 3.28. The van der Waals surface area contributed by atoms with Crippen LogP contribution in [0.3, 0.4) is 0 Å². The van der Waals surface area contributed by atoms with E-state index in [9.17, 15) is 22.6 Å². The van der Waals surface area contributed by atoms with Crippen LogP contribution in [0.5, 0.6) is 0 Å². The second kappa shape index (κ2) is 47.6. The molecule has 0 spiro atoms. The van der Waals surface area contributed by atoms with Crippen molar-refractivity contribution in [2.45, 2.75) is 276 Å². The van der Waals surface area contributed by atoms with Crippen molar-refractivity contribution in [3.8, 4) is 0 Å². The Morgan fingerprint density at radius 2 is 0.677 bits per heavy atom. The fourth-order valence-electron chi connectivity index (χ4n) is 8.33. The number of rotatable bonds is 47. The molecule has 1 aromatic rings. The molecule has 0 heterocycles. The summed E-state index contributed by atoms with van der Waals surface area (Å²) in [7, 11) is -4.82. The van der Waals surface area contributed by atoms with Crippen molar-refractivity contribution in [3.63, 3.8) is 0 Å². The molecule has 9 heteroatoms. The van der Waals surface area contributed by atoms with Gasteiger partial charge in [0.2, 0.25) is 0 Å². The summed E-state index contributed by atoms with van der Waals surface area (Å²) in [4.78, 5) is 25.4. The van der Waals surface area contributed by atoms with Gasteiger partial charge >= 0.3 is 41.5 Å². The number of allylic oxidation sites excluding steroid dienone is 4. The Kier molecular flexibility index (Phi) is 46.5. The van der Waals surface area contributed by atoms with Crippen LogP contribution in [0.4, 0.5) is 0 Å². The molecule has 0 aliphatic carbocycles. The first-order valence-corrected chi connectivity index (χ1v) is 28.5. The van der Waals surface area contributed by atoms with Crippen molar-refractivity contribution >= 4 is 22.1 Å². The van der Waals surface area contributed by atoms with Crippen molar-refractivity contribution < 1.29 is 61.6 Å². The molecule has 7 nitrogen and oxygen atoms in total. The van der Waals surface area contributed by atoms with Gasteiger partial charge in [0.05, 0.1) is 29.2 Å². The molecule has 0 saturated heterocycles. The Balaban J connectivity index is 0.0000410. The second-order valence-electron chi connectivity index (χ2n) is 18.6. The molecular weight excluding hydrogens is 840 g/mol. The van der Waals surface area contributed by atoms with E-state index in [0.29, 0.717) is 12.8 Å². The third-order valence-electron chi connectivity index (χ3n) is 12.5. The van der Waals surface area contributed by atoms with Crippen molar-refractivity contribution in [1.82, 2.24) is 0 Å². The number of esters is 2. The molecule has 0 saturated carbocycles. The summed E-state index contributed by atoms with van der Waals surface area (Å²) < 4.78 is 46.0. The molecule has 370 valence electrons. The largest absolute Gasteiger partial charge is 1.00 e. The normalized spacial score (nSPS) is 11.7. The van der Waals surface area contributed by atoms with Crippen LogP contribution >= 0.6 is 0 Å². The first-order chi connectivity index (χ1) is 31.3. The van der Waals surface area contributed by atoms with E-state index in [1.165, 1.54) is 212 Å². The number of hydrogen-bond donors (Lipinski definition) is 0. The topological polar surface area (TPSA) is 110 Å². The molecular formula is C56H97NaO7S. The molecule has 0 unspecified atom stereocenters.